The van der Waals surface area contributed by atoms with Crippen molar-refractivity contribution in [3.05, 3.63) is 35.6 Å². The van der Waals surface area contributed by atoms with Crippen molar-refractivity contribution < 1.29 is 9.18 Å². The Balaban J connectivity index is 0.00000147. The van der Waals surface area contributed by atoms with Crippen molar-refractivity contribution in [1.29, 1.82) is 0 Å². The maximum atomic E-state index is 13.2. The summed E-state index contributed by atoms with van der Waals surface area (Å²) in [6.07, 6.45) is 3.55. The maximum Gasteiger partial charge on any atom is 0.227 e. The van der Waals surface area contributed by atoms with Crippen molar-refractivity contribution in [2.24, 2.45) is 0 Å². The fraction of sp³-hybridized carbons (Fsp3) is 0.533. The van der Waals surface area contributed by atoms with E-state index in [4.69, 9.17) is 0 Å². The quantitative estimate of drug-likeness (QED) is 0.907. The second kappa shape index (κ2) is 6.55. The minimum absolute atomic E-state index is 0. The van der Waals surface area contributed by atoms with Crippen LogP contribution in [0.15, 0.2) is 24.3 Å². The van der Waals surface area contributed by atoms with E-state index in [1.807, 2.05) is 11.0 Å². The van der Waals surface area contributed by atoms with Crippen molar-refractivity contribution in [1.82, 2.24) is 10.2 Å². The maximum absolute atomic E-state index is 13.2. The minimum atomic E-state index is -0.272. The zero-order chi connectivity index (χ0) is 13.2. The highest BCUT2D eigenvalue weighted by atomic mass is 35.5. The molecule has 3 nitrogen and oxygen atoms in total. The highest BCUT2D eigenvalue weighted by Crippen LogP contribution is 2.28. The molecule has 1 amide bonds. The molecule has 0 spiro atoms. The predicted molar refractivity (Wildman–Crippen MR) is 78.5 cm³/mol. The van der Waals surface area contributed by atoms with Crippen LogP contribution in [0.5, 0.6) is 0 Å². The van der Waals surface area contributed by atoms with Gasteiger partial charge in [0.2, 0.25) is 5.91 Å². The number of carbonyl (C=O) groups excluding carboxylic acids is 1. The largest absolute Gasteiger partial charge is 0.335 e. The van der Waals surface area contributed by atoms with E-state index in [0.717, 1.165) is 37.9 Å². The van der Waals surface area contributed by atoms with E-state index in [2.05, 4.69) is 5.32 Å². The first-order valence-electron chi connectivity index (χ1n) is 7.00. The van der Waals surface area contributed by atoms with Gasteiger partial charge in [-0.25, -0.2) is 4.39 Å². The molecule has 2 aliphatic rings. The van der Waals surface area contributed by atoms with Crippen LogP contribution in [0.3, 0.4) is 0 Å². The third-order valence-electron chi connectivity index (χ3n) is 4.19. The topological polar surface area (TPSA) is 32.3 Å². The molecular formula is C15H20ClFN2O. The number of benzene rings is 1. The Labute approximate surface area is 124 Å². The first-order chi connectivity index (χ1) is 9.24. The Morgan fingerprint density at radius 2 is 2.10 bits per heavy atom. The van der Waals surface area contributed by atoms with E-state index in [9.17, 15) is 9.18 Å². The van der Waals surface area contributed by atoms with E-state index in [0.29, 0.717) is 18.5 Å². The number of hydrogen-bond donors (Lipinski definition) is 1. The van der Waals surface area contributed by atoms with Crippen LogP contribution in [0.2, 0.25) is 0 Å². The number of rotatable bonds is 2. The van der Waals surface area contributed by atoms with Crippen molar-refractivity contribution in [3.8, 4) is 0 Å². The van der Waals surface area contributed by atoms with Gasteiger partial charge in [0.1, 0.15) is 5.82 Å². The molecule has 2 fully saturated rings. The Bertz CT molecular complexity index is 469. The highest BCUT2D eigenvalue weighted by molar-refractivity contribution is 5.85. The van der Waals surface area contributed by atoms with Gasteiger partial charge in [-0.05, 0) is 43.5 Å². The Hall–Kier alpha value is -1.13. The summed E-state index contributed by atoms with van der Waals surface area (Å²) >= 11 is 0. The lowest BCUT2D eigenvalue weighted by Crippen LogP contribution is -2.43. The zero-order valence-electron chi connectivity index (χ0n) is 11.3. The van der Waals surface area contributed by atoms with E-state index < -0.39 is 0 Å². The normalized spacial score (nSPS) is 24.9. The van der Waals surface area contributed by atoms with E-state index >= 15 is 0 Å². The molecule has 2 saturated heterocycles. The molecule has 2 bridgehead atoms. The molecule has 1 N–H and O–H groups in total. The summed E-state index contributed by atoms with van der Waals surface area (Å²) in [5.41, 5.74) is 0.765. The summed E-state index contributed by atoms with van der Waals surface area (Å²) in [5.74, 6) is -0.132. The monoisotopic (exact) mass is 298 g/mol. The summed E-state index contributed by atoms with van der Waals surface area (Å²) in [7, 11) is 0. The smallest absolute Gasteiger partial charge is 0.227 e. The first kappa shape index (κ1) is 15.3. The molecule has 0 saturated carbocycles. The molecular weight excluding hydrogens is 279 g/mol. The minimum Gasteiger partial charge on any atom is -0.335 e. The lowest BCUT2D eigenvalue weighted by molar-refractivity contribution is -0.133. The lowest BCUT2D eigenvalue weighted by Gasteiger charge is -2.28. The number of halogens is 2. The average Bonchev–Trinajstić information content (AvgIpc) is 2.63. The highest BCUT2D eigenvalue weighted by Gasteiger charge is 2.37. The number of nitrogens with zero attached hydrogens (tertiary/aromatic N) is 1. The summed E-state index contributed by atoms with van der Waals surface area (Å²) in [6, 6.07) is 7.05. The van der Waals surface area contributed by atoms with Gasteiger partial charge in [0.05, 0.1) is 6.42 Å². The standard InChI is InChI=1S/C15H19FN2O.ClH/c16-12-3-1-2-11(8-12)9-15(19)18-13-4-5-14(18)10-17-7-6-13;/h1-3,8,13-14,17H,4-7,9-10H2;1H. The molecule has 0 aromatic heterocycles. The molecule has 2 atom stereocenters. The lowest BCUT2D eigenvalue weighted by atomic mass is 10.1. The van der Waals surface area contributed by atoms with Crippen LogP contribution in [0.25, 0.3) is 0 Å². The number of nitrogens with one attached hydrogen (secondary N) is 1. The molecule has 5 heteroatoms. The first-order valence-corrected chi connectivity index (χ1v) is 7.00. The van der Waals surface area contributed by atoms with Gasteiger partial charge in [-0.1, -0.05) is 12.1 Å². The number of fused-ring (bicyclic) bond motifs is 2. The van der Waals surface area contributed by atoms with Crippen molar-refractivity contribution >= 4 is 18.3 Å². The fourth-order valence-corrected chi connectivity index (χ4v) is 3.30. The van der Waals surface area contributed by atoms with Gasteiger partial charge >= 0.3 is 0 Å². The molecule has 2 heterocycles. The van der Waals surface area contributed by atoms with Gasteiger partial charge < -0.3 is 10.2 Å². The van der Waals surface area contributed by atoms with Gasteiger partial charge in [0, 0.05) is 18.6 Å². The summed E-state index contributed by atoms with van der Waals surface area (Å²) in [6.45, 7) is 1.89. The van der Waals surface area contributed by atoms with Gasteiger partial charge in [0.25, 0.3) is 0 Å². The van der Waals surface area contributed by atoms with E-state index in [1.165, 1.54) is 12.1 Å². The SMILES string of the molecule is Cl.O=C(Cc1cccc(F)c1)N1C2CCNCC1CC2. The molecule has 2 aliphatic heterocycles. The van der Waals surface area contributed by atoms with Crippen LogP contribution in [0.1, 0.15) is 24.8 Å². The number of hydrogen-bond acceptors (Lipinski definition) is 2. The molecule has 1 aromatic carbocycles. The van der Waals surface area contributed by atoms with Crippen LogP contribution >= 0.6 is 12.4 Å². The fourth-order valence-electron chi connectivity index (χ4n) is 3.30. The summed E-state index contributed by atoms with van der Waals surface area (Å²) in [5, 5.41) is 3.38. The van der Waals surface area contributed by atoms with Crippen LogP contribution in [0.4, 0.5) is 4.39 Å². The third kappa shape index (κ3) is 3.13. The summed E-state index contributed by atoms with van der Waals surface area (Å²) < 4.78 is 13.2. The van der Waals surface area contributed by atoms with E-state index in [-0.39, 0.29) is 24.1 Å². The zero-order valence-corrected chi connectivity index (χ0v) is 12.2. The van der Waals surface area contributed by atoms with Crippen LogP contribution in [-0.2, 0) is 11.2 Å². The van der Waals surface area contributed by atoms with Gasteiger partial charge in [-0.2, -0.15) is 0 Å². The Morgan fingerprint density at radius 3 is 2.90 bits per heavy atom. The number of carbonyl (C=O) groups is 1. The van der Waals surface area contributed by atoms with Crippen molar-refractivity contribution in [3.63, 3.8) is 0 Å². The summed E-state index contributed by atoms with van der Waals surface area (Å²) in [4.78, 5) is 14.5. The molecule has 110 valence electrons. The second-order valence-electron chi connectivity index (χ2n) is 5.49. The molecule has 1 aromatic rings. The Morgan fingerprint density at radius 1 is 1.30 bits per heavy atom. The van der Waals surface area contributed by atoms with Crippen molar-refractivity contribution in [2.45, 2.75) is 37.8 Å². The third-order valence-corrected chi connectivity index (χ3v) is 4.19. The predicted octanol–water partition coefficient (Wildman–Crippen LogP) is 2.14. The molecule has 0 aliphatic carbocycles. The van der Waals surface area contributed by atoms with Gasteiger partial charge in [-0.3, -0.25) is 4.79 Å². The van der Waals surface area contributed by atoms with Gasteiger partial charge in [0.15, 0.2) is 0 Å². The van der Waals surface area contributed by atoms with Gasteiger partial charge in [-0.15, -0.1) is 12.4 Å². The van der Waals surface area contributed by atoms with Crippen molar-refractivity contribution in [2.75, 3.05) is 13.1 Å². The number of amides is 1. The molecule has 3 rings (SSSR count). The van der Waals surface area contributed by atoms with Crippen LogP contribution in [0, 0.1) is 5.82 Å². The Kier molecular flexibility index (Phi) is 5.00. The second-order valence-corrected chi connectivity index (χ2v) is 5.49. The molecule has 20 heavy (non-hydrogen) atoms. The molecule has 2 unspecified atom stereocenters. The molecule has 0 radical (unpaired) electrons. The van der Waals surface area contributed by atoms with E-state index in [1.54, 1.807) is 6.07 Å². The van der Waals surface area contributed by atoms with Crippen LogP contribution in [-0.4, -0.2) is 36.0 Å². The van der Waals surface area contributed by atoms with Crippen LogP contribution < -0.4 is 5.32 Å². The average molecular weight is 299 g/mol.